The summed E-state index contributed by atoms with van der Waals surface area (Å²) in [5.41, 5.74) is 0.667. The van der Waals surface area contributed by atoms with Gasteiger partial charge in [0.2, 0.25) is 10.3 Å². The van der Waals surface area contributed by atoms with E-state index < -0.39 is 10.3 Å². The van der Waals surface area contributed by atoms with Gasteiger partial charge in [0.15, 0.2) is 0 Å². The van der Waals surface area contributed by atoms with Crippen LogP contribution in [-0.2, 0) is 16.7 Å². The average molecular weight is 258 g/mol. The van der Waals surface area contributed by atoms with Crippen LogP contribution in [0.15, 0.2) is 12.1 Å². The first-order valence-electron chi connectivity index (χ1n) is 4.82. The van der Waals surface area contributed by atoms with E-state index in [4.69, 9.17) is 14.2 Å². The van der Waals surface area contributed by atoms with Gasteiger partial charge in [0.25, 0.3) is 0 Å². The minimum atomic E-state index is -2.21. The Kier molecular flexibility index (Phi) is 4.84. The quantitative estimate of drug-likeness (QED) is 0.735. The molecule has 6 heteroatoms. The minimum absolute atomic E-state index is 0.215. The molecule has 0 fully saturated rings. The lowest BCUT2D eigenvalue weighted by Crippen LogP contribution is -1.99. The molecule has 1 rings (SSSR count). The molecule has 94 valence electrons. The molecular formula is C11H14O5S. The van der Waals surface area contributed by atoms with Crippen LogP contribution >= 0.6 is 0 Å². The molecule has 0 radical (unpaired) electrons. The fourth-order valence-corrected chi connectivity index (χ4v) is 1.73. The molecule has 1 aromatic carbocycles. The van der Waals surface area contributed by atoms with E-state index in [1.165, 1.54) is 21.3 Å². The molecule has 0 aromatic heterocycles. The van der Waals surface area contributed by atoms with Crippen molar-refractivity contribution in [3.05, 3.63) is 17.7 Å². The van der Waals surface area contributed by atoms with Gasteiger partial charge in [-0.25, -0.2) is 0 Å². The second kappa shape index (κ2) is 6.15. The Labute approximate surface area is 101 Å². The molecule has 0 aliphatic carbocycles. The van der Waals surface area contributed by atoms with E-state index in [0.717, 1.165) is 5.37 Å². The van der Waals surface area contributed by atoms with Gasteiger partial charge in [0, 0.05) is 29.5 Å². The van der Waals surface area contributed by atoms with Crippen molar-refractivity contribution in [3.63, 3.8) is 0 Å². The van der Waals surface area contributed by atoms with Gasteiger partial charge in [-0.15, -0.1) is 0 Å². The molecule has 0 saturated heterocycles. The van der Waals surface area contributed by atoms with Crippen LogP contribution in [0.4, 0.5) is 0 Å². The van der Waals surface area contributed by atoms with Crippen molar-refractivity contribution in [2.24, 2.45) is 0 Å². The van der Waals surface area contributed by atoms with Crippen molar-refractivity contribution >= 4 is 15.7 Å². The van der Waals surface area contributed by atoms with Crippen LogP contribution in [0.1, 0.15) is 5.56 Å². The van der Waals surface area contributed by atoms with Crippen LogP contribution in [0, 0.1) is 0 Å². The maximum Gasteiger partial charge on any atom is 0.210 e. The number of methoxy groups -OCH3 is 3. The fraction of sp³-hybridized carbons (Fsp3) is 0.364. The lowest BCUT2D eigenvalue weighted by Gasteiger charge is -2.13. The summed E-state index contributed by atoms with van der Waals surface area (Å²) in [6, 6.07) is 3.36. The summed E-state index contributed by atoms with van der Waals surface area (Å²) in [5, 5.41) is 1.15. The number of benzene rings is 1. The Bertz CT molecular complexity index is 486. The van der Waals surface area contributed by atoms with Crippen LogP contribution in [-0.4, -0.2) is 35.1 Å². The molecule has 17 heavy (non-hydrogen) atoms. The molecule has 0 bridgehead atoms. The van der Waals surface area contributed by atoms with E-state index in [1.807, 2.05) is 0 Å². The van der Waals surface area contributed by atoms with E-state index in [9.17, 15) is 8.42 Å². The maximum absolute atomic E-state index is 10.5. The predicted octanol–water partition coefficient (Wildman–Crippen LogP) is 0.936. The van der Waals surface area contributed by atoms with Gasteiger partial charge < -0.3 is 14.2 Å². The highest BCUT2D eigenvalue weighted by Crippen LogP contribution is 2.33. The summed E-state index contributed by atoms with van der Waals surface area (Å²) in [6.45, 7) is 0. The van der Waals surface area contributed by atoms with E-state index in [0.29, 0.717) is 22.8 Å². The normalized spacial score (nSPS) is 9.59. The van der Waals surface area contributed by atoms with Crippen molar-refractivity contribution in [1.29, 1.82) is 0 Å². The van der Waals surface area contributed by atoms with Gasteiger partial charge in [-0.1, -0.05) is 0 Å². The topological polar surface area (TPSA) is 61.8 Å². The van der Waals surface area contributed by atoms with E-state index in [2.05, 4.69) is 0 Å². The molecule has 0 saturated carbocycles. The monoisotopic (exact) mass is 258 g/mol. The number of ether oxygens (including phenoxy) is 3. The maximum atomic E-state index is 10.5. The lowest BCUT2D eigenvalue weighted by molar-refractivity contribution is 0.370. The van der Waals surface area contributed by atoms with Gasteiger partial charge in [-0.05, 0) is 0 Å². The molecule has 0 atom stereocenters. The smallest absolute Gasteiger partial charge is 0.210 e. The van der Waals surface area contributed by atoms with Gasteiger partial charge in [0.1, 0.15) is 17.2 Å². The van der Waals surface area contributed by atoms with Crippen LogP contribution in [0.2, 0.25) is 0 Å². The largest absolute Gasteiger partial charge is 0.496 e. The summed E-state index contributed by atoms with van der Waals surface area (Å²) in [5.74, 6) is 1.65. The highest BCUT2D eigenvalue weighted by atomic mass is 32.2. The van der Waals surface area contributed by atoms with Crippen molar-refractivity contribution in [3.8, 4) is 17.2 Å². The third-order valence-electron chi connectivity index (χ3n) is 2.24. The molecule has 1 aromatic rings. The summed E-state index contributed by atoms with van der Waals surface area (Å²) in [6.07, 6.45) is 0.215. The molecule has 0 heterocycles. The van der Waals surface area contributed by atoms with Crippen LogP contribution in [0.3, 0.4) is 0 Å². The second-order valence-electron chi connectivity index (χ2n) is 3.14. The first-order valence-corrected chi connectivity index (χ1v) is 5.96. The minimum Gasteiger partial charge on any atom is -0.496 e. The molecule has 0 N–H and O–H groups in total. The molecule has 0 unspecified atom stereocenters. The molecule has 0 aliphatic heterocycles. The van der Waals surface area contributed by atoms with Gasteiger partial charge in [0.05, 0.1) is 21.3 Å². The number of rotatable bonds is 5. The van der Waals surface area contributed by atoms with Crippen LogP contribution in [0.5, 0.6) is 17.2 Å². The Morgan fingerprint density at radius 2 is 1.59 bits per heavy atom. The average Bonchev–Trinajstić information content (AvgIpc) is 2.34. The molecule has 5 nitrogen and oxygen atoms in total. The third kappa shape index (κ3) is 3.39. The highest BCUT2D eigenvalue weighted by Gasteiger charge is 2.12. The fourth-order valence-electron chi connectivity index (χ4n) is 1.43. The van der Waals surface area contributed by atoms with Crippen LogP contribution in [0.25, 0.3) is 0 Å². The predicted molar refractivity (Wildman–Crippen MR) is 64.8 cm³/mol. The Balaban J connectivity index is 3.28. The molecule has 0 amide bonds. The molecule has 0 spiro atoms. The van der Waals surface area contributed by atoms with E-state index >= 15 is 0 Å². The van der Waals surface area contributed by atoms with E-state index in [1.54, 1.807) is 12.1 Å². The van der Waals surface area contributed by atoms with Gasteiger partial charge in [-0.3, -0.25) is 0 Å². The first-order chi connectivity index (χ1) is 8.12. The number of hydrogen-bond donors (Lipinski definition) is 0. The summed E-state index contributed by atoms with van der Waals surface area (Å²) >= 11 is 0. The van der Waals surface area contributed by atoms with Crippen molar-refractivity contribution in [1.82, 2.24) is 0 Å². The molecule has 0 aliphatic rings. The standard InChI is InChI=1S/C11H14O5S/c1-14-8-6-10(15-2)9(4-5-17(12)13)11(7-8)16-3/h5-7H,4H2,1-3H3. The Morgan fingerprint density at radius 3 is 1.94 bits per heavy atom. The zero-order valence-electron chi connectivity index (χ0n) is 9.89. The third-order valence-corrected chi connectivity index (χ3v) is 2.68. The zero-order valence-corrected chi connectivity index (χ0v) is 10.7. The summed E-state index contributed by atoms with van der Waals surface area (Å²) in [7, 11) is 2.34. The van der Waals surface area contributed by atoms with Crippen molar-refractivity contribution < 1.29 is 22.6 Å². The van der Waals surface area contributed by atoms with Crippen molar-refractivity contribution in [2.45, 2.75) is 6.42 Å². The first kappa shape index (κ1) is 13.4. The van der Waals surface area contributed by atoms with Crippen molar-refractivity contribution in [2.75, 3.05) is 21.3 Å². The zero-order chi connectivity index (χ0) is 12.8. The van der Waals surface area contributed by atoms with Gasteiger partial charge in [-0.2, -0.15) is 8.42 Å². The van der Waals surface area contributed by atoms with Crippen LogP contribution < -0.4 is 14.2 Å². The highest BCUT2D eigenvalue weighted by molar-refractivity contribution is 7.71. The number of hydrogen-bond acceptors (Lipinski definition) is 5. The summed E-state index contributed by atoms with van der Waals surface area (Å²) in [4.78, 5) is 0. The molecular weight excluding hydrogens is 244 g/mol. The second-order valence-corrected chi connectivity index (χ2v) is 4.00. The summed E-state index contributed by atoms with van der Waals surface area (Å²) < 4.78 is 36.5. The SMILES string of the molecule is COc1cc(OC)c(CC=S(=O)=O)c(OC)c1. The van der Waals surface area contributed by atoms with E-state index in [-0.39, 0.29) is 6.42 Å². The Morgan fingerprint density at radius 1 is 1.06 bits per heavy atom. The van der Waals surface area contributed by atoms with Gasteiger partial charge >= 0.3 is 0 Å². The lowest BCUT2D eigenvalue weighted by atomic mass is 10.1. The Hall–Kier alpha value is -1.69.